The lowest BCUT2D eigenvalue weighted by Crippen LogP contribution is -2.60. The normalized spacial score (nSPS) is 14.6. The van der Waals surface area contributed by atoms with Crippen LogP contribution in [0.4, 0.5) is 5.82 Å². The first-order chi connectivity index (χ1) is 17.4. The first kappa shape index (κ1) is 21.9. The van der Waals surface area contributed by atoms with E-state index in [1.807, 2.05) is 61.3 Å². The van der Waals surface area contributed by atoms with Gasteiger partial charge in [-0.1, -0.05) is 23.4 Å². The minimum atomic E-state index is -0.658. The van der Waals surface area contributed by atoms with E-state index in [-0.39, 0.29) is 0 Å². The smallest absolute Gasteiger partial charge is 0.178 e. The van der Waals surface area contributed by atoms with Gasteiger partial charge in [-0.05, 0) is 43.7 Å². The van der Waals surface area contributed by atoms with Crippen molar-refractivity contribution in [3.63, 3.8) is 0 Å². The Morgan fingerprint density at radius 3 is 2.75 bits per heavy atom. The van der Waals surface area contributed by atoms with E-state index in [2.05, 4.69) is 26.3 Å². The van der Waals surface area contributed by atoms with Gasteiger partial charge in [-0.25, -0.2) is 19.6 Å². The minimum absolute atomic E-state index is 0.457. The Bertz CT molecular complexity index is 1640. The van der Waals surface area contributed by atoms with Gasteiger partial charge in [0.1, 0.15) is 11.5 Å². The van der Waals surface area contributed by atoms with E-state index in [4.69, 9.17) is 9.97 Å². The Morgan fingerprint density at radius 1 is 1.11 bits per heavy atom. The predicted molar refractivity (Wildman–Crippen MR) is 134 cm³/mol. The van der Waals surface area contributed by atoms with Crippen LogP contribution in [0.15, 0.2) is 55.0 Å². The standard InChI is InChI=1S/C26H23N9O/c1-16-17(10-27)5-3-7-19(16)21-9-20(24-25(31-21)29-15-28-24)22-12-35(33-32-22)11-18-6-4-8-23(30-18)34-13-26(2,36)14-34/h3-9,12,15,36H,11,13-14H2,1-2H3,(H,28,29,31). The van der Waals surface area contributed by atoms with Crippen molar-refractivity contribution in [1.82, 2.24) is 34.9 Å². The molecule has 1 aliphatic heterocycles. The van der Waals surface area contributed by atoms with Crippen molar-refractivity contribution in [1.29, 1.82) is 5.26 Å². The number of nitrogens with zero attached hydrogens (tertiary/aromatic N) is 8. The summed E-state index contributed by atoms with van der Waals surface area (Å²) in [7, 11) is 0. The predicted octanol–water partition coefficient (Wildman–Crippen LogP) is 3.08. The maximum absolute atomic E-state index is 10.0. The molecular weight excluding hydrogens is 454 g/mol. The Morgan fingerprint density at radius 2 is 1.94 bits per heavy atom. The number of aromatic amines is 1. The number of imidazole rings is 1. The number of H-pyrrole nitrogens is 1. The fourth-order valence-electron chi connectivity index (χ4n) is 4.63. The average Bonchev–Trinajstić information content (AvgIpc) is 3.52. The van der Waals surface area contributed by atoms with Crippen molar-refractivity contribution >= 4 is 17.0 Å². The van der Waals surface area contributed by atoms with E-state index in [1.54, 1.807) is 17.1 Å². The van der Waals surface area contributed by atoms with Gasteiger partial charge in [0.15, 0.2) is 5.65 Å². The summed E-state index contributed by atoms with van der Waals surface area (Å²) < 4.78 is 1.75. The van der Waals surface area contributed by atoms with Gasteiger partial charge in [0.05, 0.1) is 53.2 Å². The SMILES string of the molecule is Cc1c(C#N)cccc1-c1cc(-c2cn(Cc3cccc(N4CC(C)(O)C4)n3)nn2)c2[nH]cnc2n1. The summed E-state index contributed by atoms with van der Waals surface area (Å²) in [6, 6.07) is 15.7. The van der Waals surface area contributed by atoms with Crippen LogP contribution < -0.4 is 4.90 Å². The molecule has 0 spiro atoms. The number of fused-ring (bicyclic) bond motifs is 1. The van der Waals surface area contributed by atoms with Crippen LogP contribution in [0.3, 0.4) is 0 Å². The van der Waals surface area contributed by atoms with E-state index < -0.39 is 5.60 Å². The number of aliphatic hydroxyl groups is 1. The number of rotatable bonds is 5. The number of pyridine rings is 2. The fourth-order valence-corrected chi connectivity index (χ4v) is 4.63. The van der Waals surface area contributed by atoms with E-state index >= 15 is 0 Å². The molecule has 36 heavy (non-hydrogen) atoms. The molecule has 5 aromatic rings. The lowest BCUT2D eigenvalue weighted by molar-refractivity contribution is 0.0305. The first-order valence-corrected chi connectivity index (χ1v) is 11.6. The maximum atomic E-state index is 10.0. The molecule has 1 aromatic carbocycles. The second-order valence-electron chi connectivity index (χ2n) is 9.39. The molecule has 1 saturated heterocycles. The zero-order valence-electron chi connectivity index (χ0n) is 19.8. The summed E-state index contributed by atoms with van der Waals surface area (Å²) in [5.41, 5.74) is 6.10. The average molecular weight is 478 g/mol. The summed E-state index contributed by atoms with van der Waals surface area (Å²) in [4.78, 5) is 19.0. The number of hydrogen-bond donors (Lipinski definition) is 2. The Kier molecular flexibility index (Phi) is 5.01. The molecule has 0 unspecified atom stereocenters. The van der Waals surface area contributed by atoms with Crippen LogP contribution in [-0.4, -0.2) is 58.7 Å². The number of hydrogen-bond acceptors (Lipinski definition) is 8. The van der Waals surface area contributed by atoms with Gasteiger partial charge in [0.2, 0.25) is 0 Å². The lowest BCUT2D eigenvalue weighted by atomic mass is 9.97. The third kappa shape index (κ3) is 3.85. The van der Waals surface area contributed by atoms with Crippen LogP contribution >= 0.6 is 0 Å². The van der Waals surface area contributed by atoms with Gasteiger partial charge in [0, 0.05) is 24.2 Å². The number of β-amino-alcohol motifs (C(OH)–C–C–N with tert-alkyl or cyclic N) is 1. The molecule has 0 atom stereocenters. The number of benzene rings is 1. The number of anilines is 1. The highest BCUT2D eigenvalue weighted by Gasteiger charge is 2.37. The van der Waals surface area contributed by atoms with Crippen molar-refractivity contribution < 1.29 is 5.11 Å². The van der Waals surface area contributed by atoms with Crippen molar-refractivity contribution in [2.45, 2.75) is 26.0 Å². The summed E-state index contributed by atoms with van der Waals surface area (Å²) in [6.07, 6.45) is 3.48. The zero-order valence-corrected chi connectivity index (χ0v) is 19.8. The summed E-state index contributed by atoms with van der Waals surface area (Å²) in [6.45, 7) is 5.34. The largest absolute Gasteiger partial charge is 0.386 e. The molecule has 2 N–H and O–H groups in total. The van der Waals surface area contributed by atoms with Crippen LogP contribution in [0.25, 0.3) is 33.7 Å². The van der Waals surface area contributed by atoms with Crippen LogP contribution in [0.5, 0.6) is 0 Å². The molecule has 10 heteroatoms. The molecule has 10 nitrogen and oxygen atoms in total. The van der Waals surface area contributed by atoms with Gasteiger partial charge < -0.3 is 15.0 Å². The first-order valence-electron chi connectivity index (χ1n) is 11.6. The molecule has 6 rings (SSSR count). The van der Waals surface area contributed by atoms with E-state index in [1.165, 1.54) is 0 Å². The molecule has 1 aliphatic rings. The molecule has 4 aromatic heterocycles. The molecule has 0 aliphatic carbocycles. The van der Waals surface area contributed by atoms with Crippen molar-refractivity contribution in [3.05, 3.63) is 71.8 Å². The summed E-state index contributed by atoms with van der Waals surface area (Å²) >= 11 is 0. The zero-order chi connectivity index (χ0) is 24.9. The maximum Gasteiger partial charge on any atom is 0.178 e. The molecule has 0 radical (unpaired) electrons. The van der Waals surface area contributed by atoms with Gasteiger partial charge >= 0.3 is 0 Å². The Labute approximate surface area is 206 Å². The molecule has 5 heterocycles. The van der Waals surface area contributed by atoms with Gasteiger partial charge in [-0.3, -0.25) is 0 Å². The van der Waals surface area contributed by atoms with Gasteiger partial charge in [0.25, 0.3) is 0 Å². The topological polar surface area (TPSA) is 132 Å². The fraction of sp³-hybridized carbons (Fsp3) is 0.231. The molecule has 0 amide bonds. The van der Waals surface area contributed by atoms with Gasteiger partial charge in [-0.15, -0.1) is 5.10 Å². The summed E-state index contributed by atoms with van der Waals surface area (Å²) in [5, 5.41) is 28.2. The van der Waals surface area contributed by atoms with Crippen LogP contribution in [0, 0.1) is 18.3 Å². The van der Waals surface area contributed by atoms with Crippen LogP contribution in [0.1, 0.15) is 23.7 Å². The molecule has 1 fully saturated rings. The molecule has 178 valence electrons. The van der Waals surface area contributed by atoms with E-state index in [0.717, 1.165) is 33.7 Å². The number of nitriles is 1. The molecular formula is C26H23N9O. The lowest BCUT2D eigenvalue weighted by Gasteiger charge is -2.45. The molecule has 0 saturated carbocycles. The Hall–Kier alpha value is -4.62. The van der Waals surface area contributed by atoms with Crippen molar-refractivity contribution in [3.8, 4) is 28.6 Å². The van der Waals surface area contributed by atoms with Crippen LogP contribution in [-0.2, 0) is 6.54 Å². The second-order valence-corrected chi connectivity index (χ2v) is 9.39. The summed E-state index contributed by atoms with van der Waals surface area (Å²) in [5.74, 6) is 0.840. The monoisotopic (exact) mass is 477 g/mol. The number of nitrogens with one attached hydrogen (secondary N) is 1. The highest BCUT2D eigenvalue weighted by atomic mass is 16.3. The third-order valence-electron chi connectivity index (χ3n) is 6.44. The van der Waals surface area contributed by atoms with E-state index in [0.29, 0.717) is 42.2 Å². The van der Waals surface area contributed by atoms with Crippen molar-refractivity contribution in [2.75, 3.05) is 18.0 Å². The third-order valence-corrected chi connectivity index (χ3v) is 6.44. The highest BCUT2D eigenvalue weighted by Crippen LogP contribution is 2.32. The van der Waals surface area contributed by atoms with Crippen molar-refractivity contribution in [2.24, 2.45) is 0 Å². The number of aromatic nitrogens is 7. The van der Waals surface area contributed by atoms with Crippen LogP contribution in [0.2, 0.25) is 0 Å². The van der Waals surface area contributed by atoms with E-state index in [9.17, 15) is 10.4 Å². The highest BCUT2D eigenvalue weighted by molar-refractivity contribution is 5.91. The minimum Gasteiger partial charge on any atom is -0.386 e. The Balaban J connectivity index is 1.32. The second kappa shape index (κ2) is 8.25. The van der Waals surface area contributed by atoms with Gasteiger partial charge in [-0.2, -0.15) is 5.26 Å². The molecule has 0 bridgehead atoms. The quantitative estimate of drug-likeness (QED) is 0.395.